The van der Waals surface area contributed by atoms with E-state index in [4.69, 9.17) is 0 Å². The highest BCUT2D eigenvalue weighted by Crippen LogP contribution is 2.20. The fraction of sp³-hybridized carbons (Fsp3) is 0.316. The largest absolute Gasteiger partial charge is 0.348 e. The summed E-state index contributed by atoms with van der Waals surface area (Å²) < 4.78 is 25.2. The van der Waals surface area contributed by atoms with Gasteiger partial charge in [-0.25, -0.2) is 8.42 Å². The van der Waals surface area contributed by atoms with E-state index < -0.39 is 10.0 Å². The van der Waals surface area contributed by atoms with Crippen LogP contribution in [0.5, 0.6) is 0 Å². The first-order valence-electron chi connectivity index (χ1n) is 8.08. The predicted molar refractivity (Wildman–Crippen MR) is 101 cm³/mol. The summed E-state index contributed by atoms with van der Waals surface area (Å²) in [4.78, 5) is 12.4. The molecule has 2 aromatic rings. The maximum absolute atomic E-state index is 12.4. The molecule has 2 rings (SSSR count). The Morgan fingerprint density at radius 3 is 2.36 bits per heavy atom. The lowest BCUT2D eigenvalue weighted by Crippen LogP contribution is -2.41. The molecule has 0 spiro atoms. The van der Waals surface area contributed by atoms with E-state index in [-0.39, 0.29) is 18.5 Å². The van der Waals surface area contributed by atoms with Gasteiger partial charge >= 0.3 is 0 Å². The van der Waals surface area contributed by atoms with E-state index in [0.717, 1.165) is 27.3 Å². The number of hydrogen-bond donors (Lipinski definition) is 1. The average molecular weight is 360 g/mol. The Morgan fingerprint density at radius 2 is 1.76 bits per heavy atom. The summed E-state index contributed by atoms with van der Waals surface area (Å²) in [5.74, 6) is -0.345. The molecule has 0 radical (unpaired) electrons. The Labute approximate surface area is 149 Å². The van der Waals surface area contributed by atoms with Crippen LogP contribution in [0.2, 0.25) is 0 Å². The summed E-state index contributed by atoms with van der Waals surface area (Å²) in [5, 5.41) is 2.89. The SMILES string of the molecule is Cc1ccc(C)c(C(C)NC(=O)CN(c2ccccc2)S(C)(=O)=O)c1. The van der Waals surface area contributed by atoms with Crippen molar-refractivity contribution in [3.8, 4) is 0 Å². The van der Waals surface area contributed by atoms with Crippen molar-refractivity contribution in [2.75, 3.05) is 17.1 Å². The van der Waals surface area contributed by atoms with Gasteiger partial charge in [-0.2, -0.15) is 0 Å². The van der Waals surface area contributed by atoms with Gasteiger partial charge in [0.15, 0.2) is 0 Å². The first-order valence-corrected chi connectivity index (χ1v) is 9.92. The number of sulfonamides is 1. The van der Waals surface area contributed by atoms with Gasteiger partial charge in [-0.3, -0.25) is 9.10 Å². The van der Waals surface area contributed by atoms with Crippen LogP contribution in [0, 0.1) is 13.8 Å². The molecule has 0 aliphatic heterocycles. The summed E-state index contributed by atoms with van der Waals surface area (Å²) in [6.45, 7) is 5.63. The molecule has 0 saturated heterocycles. The quantitative estimate of drug-likeness (QED) is 0.861. The van der Waals surface area contributed by atoms with E-state index in [1.165, 1.54) is 0 Å². The van der Waals surface area contributed by atoms with Crippen molar-refractivity contribution in [3.63, 3.8) is 0 Å². The maximum Gasteiger partial charge on any atom is 0.241 e. The van der Waals surface area contributed by atoms with Crippen LogP contribution in [-0.4, -0.2) is 27.1 Å². The second-order valence-corrected chi connectivity index (χ2v) is 8.16. The third-order valence-corrected chi connectivity index (χ3v) is 5.15. The van der Waals surface area contributed by atoms with Crippen molar-refractivity contribution in [2.24, 2.45) is 0 Å². The van der Waals surface area contributed by atoms with E-state index in [0.29, 0.717) is 5.69 Å². The fourth-order valence-electron chi connectivity index (χ4n) is 2.72. The zero-order chi connectivity index (χ0) is 18.6. The number of amides is 1. The van der Waals surface area contributed by atoms with Crippen molar-refractivity contribution in [2.45, 2.75) is 26.8 Å². The molecule has 0 aromatic heterocycles. The highest BCUT2D eigenvalue weighted by atomic mass is 32.2. The Balaban J connectivity index is 2.15. The molecule has 0 saturated carbocycles. The molecule has 2 aromatic carbocycles. The summed E-state index contributed by atoms with van der Waals surface area (Å²) >= 11 is 0. The summed E-state index contributed by atoms with van der Waals surface area (Å²) in [7, 11) is -3.56. The van der Waals surface area contributed by atoms with Gasteiger partial charge in [0, 0.05) is 0 Å². The molecule has 0 aliphatic rings. The van der Waals surface area contributed by atoms with E-state index in [1.807, 2.05) is 39.0 Å². The van der Waals surface area contributed by atoms with Crippen LogP contribution < -0.4 is 9.62 Å². The third-order valence-electron chi connectivity index (χ3n) is 4.01. The third kappa shape index (κ3) is 5.06. The number of nitrogens with zero attached hydrogens (tertiary/aromatic N) is 1. The van der Waals surface area contributed by atoms with Gasteiger partial charge in [0.25, 0.3) is 0 Å². The smallest absolute Gasteiger partial charge is 0.241 e. The number of carbonyl (C=O) groups excluding carboxylic acids is 1. The highest BCUT2D eigenvalue weighted by molar-refractivity contribution is 7.92. The predicted octanol–water partition coefficient (Wildman–Crippen LogP) is 2.95. The summed E-state index contributed by atoms with van der Waals surface area (Å²) in [6.07, 6.45) is 1.10. The van der Waals surface area contributed by atoms with Crippen LogP contribution in [0.15, 0.2) is 48.5 Å². The molecule has 5 nitrogen and oxygen atoms in total. The number of carbonyl (C=O) groups is 1. The average Bonchev–Trinajstić information content (AvgIpc) is 2.54. The number of nitrogens with one attached hydrogen (secondary N) is 1. The minimum absolute atomic E-state index is 0.204. The van der Waals surface area contributed by atoms with E-state index in [2.05, 4.69) is 5.32 Å². The van der Waals surface area contributed by atoms with Gasteiger partial charge < -0.3 is 5.32 Å². The second kappa shape index (κ2) is 7.70. The standard InChI is InChI=1S/C19H24N2O3S/c1-14-10-11-15(2)18(12-14)16(3)20-19(22)13-21(25(4,23)24)17-8-6-5-7-9-17/h5-12,16H,13H2,1-4H3,(H,20,22). The number of para-hydroxylation sites is 1. The van der Waals surface area contributed by atoms with Crippen molar-refractivity contribution < 1.29 is 13.2 Å². The molecular weight excluding hydrogens is 336 g/mol. The number of benzene rings is 2. The molecule has 1 N–H and O–H groups in total. The van der Waals surface area contributed by atoms with Crippen LogP contribution in [0.3, 0.4) is 0 Å². The van der Waals surface area contributed by atoms with Gasteiger partial charge in [-0.05, 0) is 44.0 Å². The molecule has 1 atom stereocenters. The van der Waals surface area contributed by atoms with Crippen LogP contribution >= 0.6 is 0 Å². The lowest BCUT2D eigenvalue weighted by Gasteiger charge is -2.23. The van der Waals surface area contributed by atoms with Crippen LogP contribution in [0.4, 0.5) is 5.69 Å². The molecule has 6 heteroatoms. The first-order chi connectivity index (χ1) is 11.7. The lowest BCUT2D eigenvalue weighted by molar-refractivity contribution is -0.120. The second-order valence-electron chi connectivity index (χ2n) is 6.25. The van der Waals surface area contributed by atoms with Crippen molar-refractivity contribution >= 4 is 21.6 Å². The highest BCUT2D eigenvalue weighted by Gasteiger charge is 2.22. The Hall–Kier alpha value is -2.34. The van der Waals surface area contributed by atoms with E-state index in [1.54, 1.807) is 30.3 Å². The molecule has 0 bridgehead atoms. The maximum atomic E-state index is 12.4. The molecule has 1 unspecified atom stereocenters. The van der Waals surface area contributed by atoms with Crippen molar-refractivity contribution in [1.29, 1.82) is 0 Å². The Kier molecular flexibility index (Phi) is 5.85. The van der Waals surface area contributed by atoms with Crippen LogP contribution in [0.25, 0.3) is 0 Å². The fourth-order valence-corrected chi connectivity index (χ4v) is 3.57. The summed E-state index contributed by atoms with van der Waals surface area (Å²) in [5.41, 5.74) is 3.70. The number of aryl methyl sites for hydroxylation is 2. The Morgan fingerprint density at radius 1 is 1.12 bits per heavy atom. The number of hydrogen-bond acceptors (Lipinski definition) is 3. The molecule has 0 aliphatic carbocycles. The lowest BCUT2D eigenvalue weighted by atomic mass is 10.00. The van der Waals surface area contributed by atoms with Gasteiger partial charge in [-0.1, -0.05) is 42.0 Å². The normalized spacial score (nSPS) is 12.5. The zero-order valence-corrected chi connectivity index (χ0v) is 15.8. The summed E-state index contributed by atoms with van der Waals surface area (Å²) in [6, 6.07) is 14.5. The van der Waals surface area contributed by atoms with Crippen LogP contribution in [-0.2, 0) is 14.8 Å². The molecule has 0 fully saturated rings. The van der Waals surface area contributed by atoms with Gasteiger partial charge in [0.1, 0.15) is 6.54 Å². The molecule has 1 amide bonds. The Bertz CT molecular complexity index is 848. The van der Waals surface area contributed by atoms with Crippen molar-refractivity contribution in [3.05, 3.63) is 65.2 Å². The minimum Gasteiger partial charge on any atom is -0.348 e. The number of anilines is 1. The van der Waals surface area contributed by atoms with Gasteiger partial charge in [0.05, 0.1) is 18.0 Å². The molecule has 25 heavy (non-hydrogen) atoms. The van der Waals surface area contributed by atoms with Crippen LogP contribution in [0.1, 0.15) is 29.7 Å². The van der Waals surface area contributed by atoms with E-state index >= 15 is 0 Å². The monoisotopic (exact) mass is 360 g/mol. The molecule has 134 valence electrons. The topological polar surface area (TPSA) is 66.5 Å². The molecular formula is C19H24N2O3S. The molecule has 0 heterocycles. The van der Waals surface area contributed by atoms with Crippen molar-refractivity contribution in [1.82, 2.24) is 5.32 Å². The first kappa shape index (κ1) is 19.0. The number of rotatable bonds is 6. The zero-order valence-electron chi connectivity index (χ0n) is 15.0. The van der Waals surface area contributed by atoms with Gasteiger partial charge in [0.2, 0.25) is 15.9 Å². The van der Waals surface area contributed by atoms with E-state index in [9.17, 15) is 13.2 Å². The van der Waals surface area contributed by atoms with Gasteiger partial charge in [-0.15, -0.1) is 0 Å². The minimum atomic E-state index is -3.56.